The molecular formula is C21H16N2O2. The summed E-state index contributed by atoms with van der Waals surface area (Å²) >= 11 is 0. The summed E-state index contributed by atoms with van der Waals surface area (Å²) in [4.78, 5) is 16.8. The Morgan fingerprint density at radius 1 is 0.960 bits per heavy atom. The van der Waals surface area contributed by atoms with Gasteiger partial charge < -0.3 is 9.73 Å². The summed E-state index contributed by atoms with van der Waals surface area (Å²) in [5.41, 5.74) is 4.85. The first kappa shape index (κ1) is 15.1. The van der Waals surface area contributed by atoms with Gasteiger partial charge in [-0.3, -0.25) is 4.79 Å². The third-order valence-electron chi connectivity index (χ3n) is 3.95. The number of hydrogen-bond acceptors (Lipinski definition) is 3. The maximum atomic E-state index is 12.3. The first-order valence-corrected chi connectivity index (χ1v) is 8.03. The van der Waals surface area contributed by atoms with E-state index in [1.165, 1.54) is 0 Å². The number of carbonyl (C=O) groups is 1. The van der Waals surface area contributed by atoms with Gasteiger partial charge in [-0.1, -0.05) is 30.3 Å². The Labute approximate surface area is 145 Å². The minimum absolute atomic E-state index is 0.147. The van der Waals surface area contributed by atoms with Gasteiger partial charge in [0.2, 0.25) is 5.89 Å². The number of rotatable bonds is 3. The molecule has 4 heteroatoms. The second-order valence-corrected chi connectivity index (χ2v) is 5.89. The molecule has 0 saturated heterocycles. The van der Waals surface area contributed by atoms with Gasteiger partial charge in [0, 0.05) is 16.8 Å². The average molecular weight is 328 g/mol. The number of aryl methyl sites for hydroxylation is 1. The van der Waals surface area contributed by atoms with E-state index >= 15 is 0 Å². The summed E-state index contributed by atoms with van der Waals surface area (Å²) in [6.07, 6.45) is 0. The largest absolute Gasteiger partial charge is 0.436 e. The number of benzene rings is 3. The molecular weight excluding hydrogens is 312 g/mol. The second kappa shape index (κ2) is 6.24. The lowest BCUT2D eigenvalue weighted by Crippen LogP contribution is -2.11. The van der Waals surface area contributed by atoms with Gasteiger partial charge in [-0.2, -0.15) is 0 Å². The van der Waals surface area contributed by atoms with Crippen molar-refractivity contribution in [2.75, 3.05) is 5.32 Å². The molecule has 25 heavy (non-hydrogen) atoms. The van der Waals surface area contributed by atoms with E-state index in [2.05, 4.69) is 10.3 Å². The highest BCUT2D eigenvalue weighted by Crippen LogP contribution is 2.26. The third kappa shape index (κ3) is 3.15. The second-order valence-electron chi connectivity index (χ2n) is 5.89. The first-order valence-electron chi connectivity index (χ1n) is 8.03. The van der Waals surface area contributed by atoms with E-state index in [1.807, 2.05) is 67.6 Å². The summed E-state index contributed by atoms with van der Waals surface area (Å²) in [6, 6.07) is 22.5. The van der Waals surface area contributed by atoms with Crippen molar-refractivity contribution in [3.05, 3.63) is 83.9 Å². The van der Waals surface area contributed by atoms with Crippen molar-refractivity contribution in [1.29, 1.82) is 0 Å². The van der Waals surface area contributed by atoms with Crippen LogP contribution in [0.1, 0.15) is 15.9 Å². The van der Waals surface area contributed by atoms with Crippen molar-refractivity contribution in [1.82, 2.24) is 4.98 Å². The number of aromatic nitrogens is 1. The van der Waals surface area contributed by atoms with E-state index in [-0.39, 0.29) is 5.91 Å². The van der Waals surface area contributed by atoms with Crippen molar-refractivity contribution in [3.8, 4) is 11.5 Å². The number of amides is 1. The molecule has 0 aliphatic rings. The predicted molar refractivity (Wildman–Crippen MR) is 98.6 cm³/mol. The summed E-state index contributed by atoms with van der Waals surface area (Å²) in [5, 5.41) is 2.90. The number of nitrogens with zero attached hydrogens (tertiary/aromatic N) is 1. The average Bonchev–Trinajstić information content (AvgIpc) is 3.06. The van der Waals surface area contributed by atoms with E-state index in [4.69, 9.17) is 4.42 Å². The van der Waals surface area contributed by atoms with Gasteiger partial charge in [-0.25, -0.2) is 4.98 Å². The smallest absolute Gasteiger partial charge is 0.255 e. The fourth-order valence-corrected chi connectivity index (χ4v) is 2.68. The Morgan fingerprint density at radius 2 is 1.80 bits per heavy atom. The predicted octanol–water partition coefficient (Wildman–Crippen LogP) is 5.06. The minimum atomic E-state index is -0.147. The van der Waals surface area contributed by atoms with Gasteiger partial charge >= 0.3 is 0 Å². The SMILES string of the molecule is Cc1ccc2oc(-c3cccc(NC(=O)c4ccccc4)c3)nc2c1. The molecule has 0 atom stereocenters. The van der Waals surface area contributed by atoms with Crippen LogP contribution in [0.4, 0.5) is 5.69 Å². The number of nitrogens with one attached hydrogen (secondary N) is 1. The van der Waals surface area contributed by atoms with Crippen molar-refractivity contribution in [2.24, 2.45) is 0 Å². The monoisotopic (exact) mass is 328 g/mol. The maximum Gasteiger partial charge on any atom is 0.255 e. The normalized spacial score (nSPS) is 10.8. The Kier molecular flexibility index (Phi) is 3.78. The van der Waals surface area contributed by atoms with Crippen molar-refractivity contribution in [2.45, 2.75) is 6.92 Å². The maximum absolute atomic E-state index is 12.3. The van der Waals surface area contributed by atoms with Crippen LogP contribution in [0, 0.1) is 6.92 Å². The van der Waals surface area contributed by atoms with Crippen molar-refractivity contribution < 1.29 is 9.21 Å². The molecule has 0 unspecified atom stereocenters. The molecule has 122 valence electrons. The third-order valence-corrected chi connectivity index (χ3v) is 3.95. The molecule has 0 aliphatic heterocycles. The molecule has 1 amide bonds. The van der Waals surface area contributed by atoms with Gasteiger partial charge in [0.25, 0.3) is 5.91 Å². The van der Waals surface area contributed by atoms with Gasteiger partial charge in [0.05, 0.1) is 0 Å². The molecule has 4 nitrogen and oxygen atoms in total. The van der Waals surface area contributed by atoms with Gasteiger partial charge in [0.1, 0.15) is 5.52 Å². The van der Waals surface area contributed by atoms with Gasteiger partial charge in [0.15, 0.2) is 5.58 Å². The van der Waals surface area contributed by atoms with Crippen LogP contribution < -0.4 is 5.32 Å². The van der Waals surface area contributed by atoms with Crippen LogP contribution in [-0.2, 0) is 0 Å². The summed E-state index contributed by atoms with van der Waals surface area (Å²) in [6.45, 7) is 2.02. The van der Waals surface area contributed by atoms with Gasteiger partial charge in [-0.15, -0.1) is 0 Å². The van der Waals surface area contributed by atoms with Crippen molar-refractivity contribution >= 4 is 22.7 Å². The molecule has 0 fully saturated rings. The van der Waals surface area contributed by atoms with Crippen molar-refractivity contribution in [3.63, 3.8) is 0 Å². The fourth-order valence-electron chi connectivity index (χ4n) is 2.68. The standard InChI is InChI=1S/C21H16N2O2/c1-14-10-11-19-18(12-14)23-21(25-19)16-8-5-9-17(13-16)22-20(24)15-6-3-2-4-7-15/h2-13H,1H3,(H,22,24). The molecule has 3 aromatic carbocycles. The molecule has 0 spiro atoms. The Hall–Kier alpha value is -3.40. The van der Waals surface area contributed by atoms with E-state index in [1.54, 1.807) is 12.1 Å². The summed E-state index contributed by atoms with van der Waals surface area (Å²) in [5.74, 6) is 0.391. The lowest BCUT2D eigenvalue weighted by Gasteiger charge is -2.06. The number of oxazole rings is 1. The minimum Gasteiger partial charge on any atom is -0.436 e. The highest BCUT2D eigenvalue weighted by Gasteiger charge is 2.10. The lowest BCUT2D eigenvalue weighted by atomic mass is 10.1. The van der Waals surface area contributed by atoms with Crippen LogP contribution in [-0.4, -0.2) is 10.9 Å². The van der Waals surface area contributed by atoms with E-state index in [9.17, 15) is 4.79 Å². The molecule has 1 aromatic heterocycles. The zero-order chi connectivity index (χ0) is 17.2. The Morgan fingerprint density at radius 3 is 2.64 bits per heavy atom. The molecule has 0 saturated carbocycles. The topological polar surface area (TPSA) is 55.1 Å². The number of fused-ring (bicyclic) bond motifs is 1. The van der Waals surface area contributed by atoms with E-state index in [0.29, 0.717) is 17.1 Å². The first-order chi connectivity index (χ1) is 12.2. The highest BCUT2D eigenvalue weighted by molar-refractivity contribution is 6.04. The summed E-state index contributed by atoms with van der Waals surface area (Å²) in [7, 11) is 0. The van der Waals surface area contributed by atoms with Crippen LogP contribution in [0.25, 0.3) is 22.6 Å². The summed E-state index contributed by atoms with van der Waals surface area (Å²) < 4.78 is 5.83. The molecule has 0 bridgehead atoms. The molecule has 0 radical (unpaired) electrons. The molecule has 1 heterocycles. The molecule has 1 N–H and O–H groups in total. The number of carbonyl (C=O) groups excluding carboxylic acids is 1. The van der Waals surface area contributed by atoms with Crippen LogP contribution >= 0.6 is 0 Å². The molecule has 4 aromatic rings. The zero-order valence-corrected chi connectivity index (χ0v) is 13.7. The lowest BCUT2D eigenvalue weighted by molar-refractivity contribution is 0.102. The zero-order valence-electron chi connectivity index (χ0n) is 13.7. The Balaban J connectivity index is 1.63. The quantitative estimate of drug-likeness (QED) is 0.572. The number of anilines is 1. The van der Waals surface area contributed by atoms with E-state index < -0.39 is 0 Å². The van der Waals surface area contributed by atoms with Crippen LogP contribution in [0.15, 0.2) is 77.2 Å². The fraction of sp³-hybridized carbons (Fsp3) is 0.0476. The number of hydrogen-bond donors (Lipinski definition) is 1. The highest BCUT2D eigenvalue weighted by atomic mass is 16.3. The molecule has 0 aliphatic carbocycles. The molecule has 4 rings (SSSR count). The van der Waals surface area contributed by atoms with Crippen LogP contribution in [0.5, 0.6) is 0 Å². The van der Waals surface area contributed by atoms with Crippen LogP contribution in [0.2, 0.25) is 0 Å². The van der Waals surface area contributed by atoms with Crippen LogP contribution in [0.3, 0.4) is 0 Å². The Bertz CT molecular complexity index is 1050. The van der Waals surface area contributed by atoms with E-state index in [0.717, 1.165) is 22.2 Å². The van der Waals surface area contributed by atoms with Gasteiger partial charge in [-0.05, 0) is 55.0 Å².